The molecular weight excluding hydrogens is 424 g/mol. The molecule has 0 aliphatic rings. The Morgan fingerprint density at radius 2 is 1.93 bits per heavy atom. The Hall–Kier alpha value is -2.95. The van der Waals surface area contributed by atoms with E-state index in [-0.39, 0.29) is 17.3 Å². The van der Waals surface area contributed by atoms with E-state index in [0.717, 1.165) is 19.1 Å². The zero-order valence-electron chi connectivity index (χ0n) is 16.1. The van der Waals surface area contributed by atoms with Gasteiger partial charge >= 0.3 is 6.18 Å². The second kappa shape index (κ2) is 8.42. The van der Waals surface area contributed by atoms with Crippen LogP contribution in [0.1, 0.15) is 12.5 Å². The number of aryl methyl sites for hydroxylation is 1. The van der Waals surface area contributed by atoms with Gasteiger partial charge in [-0.15, -0.1) is 6.26 Å². The second-order valence-electron chi connectivity index (χ2n) is 6.46. The van der Waals surface area contributed by atoms with Crippen LogP contribution in [0.4, 0.5) is 34.8 Å². The first-order chi connectivity index (χ1) is 14.0. The third kappa shape index (κ3) is 4.96. The lowest BCUT2D eigenvalue weighted by Crippen LogP contribution is -2.31. The number of ether oxygens (including phenoxy) is 1. The molecule has 3 aromatic rings. The smallest absolute Gasteiger partial charge is 0.425 e. The van der Waals surface area contributed by atoms with E-state index in [1.165, 1.54) is 18.6 Å². The molecule has 1 atom stereocenters. The van der Waals surface area contributed by atoms with Crippen molar-refractivity contribution in [3.8, 4) is 5.75 Å². The van der Waals surface area contributed by atoms with Crippen LogP contribution < -0.4 is 10.1 Å². The van der Waals surface area contributed by atoms with Crippen molar-refractivity contribution in [2.75, 3.05) is 11.6 Å². The normalized spacial score (nSPS) is 14.0. The fraction of sp³-hybridized carbons (Fsp3) is 0.263. The minimum Gasteiger partial charge on any atom is -0.479 e. The number of nitrogens with zero attached hydrogens (tertiary/aromatic N) is 3. The highest BCUT2D eigenvalue weighted by molar-refractivity contribution is 7.74. The van der Waals surface area contributed by atoms with E-state index in [1.54, 1.807) is 19.1 Å². The number of fused-ring (bicyclic) bond motifs is 1. The van der Waals surface area contributed by atoms with Crippen molar-refractivity contribution in [3.63, 3.8) is 0 Å². The molecule has 6 nitrogen and oxygen atoms in total. The van der Waals surface area contributed by atoms with Crippen molar-refractivity contribution in [2.45, 2.75) is 26.1 Å². The highest BCUT2D eigenvalue weighted by Gasteiger charge is 2.38. The molecule has 0 bridgehead atoms. The fourth-order valence-corrected chi connectivity index (χ4v) is 3.15. The minimum absolute atomic E-state index is 0.107. The van der Waals surface area contributed by atoms with Gasteiger partial charge in [0.05, 0.1) is 11.2 Å². The molecule has 0 fully saturated rings. The van der Waals surface area contributed by atoms with Gasteiger partial charge in [0, 0.05) is 17.1 Å². The van der Waals surface area contributed by atoms with Crippen LogP contribution in [-0.4, -0.2) is 28.5 Å². The van der Waals surface area contributed by atoms with Crippen LogP contribution in [0.25, 0.3) is 10.9 Å². The van der Waals surface area contributed by atoms with Crippen LogP contribution in [0.15, 0.2) is 41.0 Å². The summed E-state index contributed by atoms with van der Waals surface area (Å²) < 4.78 is 72.6. The molecular formula is C19H17F4N4O2S-. The summed E-state index contributed by atoms with van der Waals surface area (Å²) in [6.07, 6.45) is -4.05. The number of anilines is 2. The van der Waals surface area contributed by atoms with Gasteiger partial charge in [0.25, 0.3) is 0 Å². The summed E-state index contributed by atoms with van der Waals surface area (Å²) in [4.78, 5) is 8.34. The largest absolute Gasteiger partial charge is 0.479 e. The summed E-state index contributed by atoms with van der Waals surface area (Å²) in [7, 11) is -1.40. The van der Waals surface area contributed by atoms with Gasteiger partial charge in [0.1, 0.15) is 23.7 Å². The molecule has 0 unspecified atom stereocenters. The molecule has 3 rings (SSSR count). The van der Waals surface area contributed by atoms with Crippen molar-refractivity contribution in [1.82, 2.24) is 9.97 Å². The Bertz CT molecular complexity index is 1180. The maximum absolute atomic E-state index is 13.6. The zero-order chi connectivity index (χ0) is 22.1. The summed E-state index contributed by atoms with van der Waals surface area (Å²) in [5.41, 5.74) is 1.77. The highest BCUT2D eigenvalue weighted by Crippen LogP contribution is 2.35. The van der Waals surface area contributed by atoms with Gasteiger partial charge in [0.15, 0.2) is 6.10 Å². The second-order valence-corrected chi connectivity index (χ2v) is 7.49. The van der Waals surface area contributed by atoms with Crippen LogP contribution in [0.3, 0.4) is 0 Å². The number of halogens is 4. The molecule has 1 aromatic heterocycles. The van der Waals surface area contributed by atoms with Crippen molar-refractivity contribution >= 4 is 38.7 Å². The lowest BCUT2D eigenvalue weighted by molar-refractivity contribution is -0.189. The van der Waals surface area contributed by atoms with E-state index in [2.05, 4.69) is 19.6 Å². The maximum Gasteiger partial charge on any atom is 0.425 e. The van der Waals surface area contributed by atoms with Crippen molar-refractivity contribution < 1.29 is 26.5 Å². The molecule has 0 saturated carbocycles. The summed E-state index contributed by atoms with van der Waals surface area (Å²) >= 11 is 0. The summed E-state index contributed by atoms with van der Waals surface area (Å²) in [5.74, 6) is -0.762. The fourth-order valence-electron chi connectivity index (χ4n) is 2.75. The van der Waals surface area contributed by atoms with Gasteiger partial charge in [-0.3, -0.25) is 0 Å². The third-order valence-corrected chi connectivity index (χ3v) is 4.58. The molecule has 1 heterocycles. The number of nitrogens with one attached hydrogen (secondary N) is 1. The first-order valence-corrected chi connectivity index (χ1v) is 10.2. The van der Waals surface area contributed by atoms with Gasteiger partial charge in [-0.1, -0.05) is 0 Å². The third-order valence-electron chi connectivity index (χ3n) is 4.12. The molecule has 0 aliphatic heterocycles. The molecule has 0 spiro atoms. The van der Waals surface area contributed by atoms with E-state index >= 15 is 0 Å². The average Bonchev–Trinajstić information content (AvgIpc) is 2.62. The number of benzene rings is 2. The standard InChI is InChI=1S/C19H17F4N4O2S/c1-10-6-13(27-30(3)28)8-15-17(10)18(25-9-24-15)26-14-5-4-12(20)7-16(14)29-11(2)19(21,22)23/h4-9,11H,1-3H3,(H,24,25,26)/q-1/t11-/m1/s1. The molecule has 2 aromatic carbocycles. The highest BCUT2D eigenvalue weighted by atomic mass is 32.2. The van der Waals surface area contributed by atoms with Gasteiger partial charge < -0.3 is 18.6 Å². The number of rotatable bonds is 5. The van der Waals surface area contributed by atoms with Crippen LogP contribution in [0.5, 0.6) is 5.75 Å². The van der Waals surface area contributed by atoms with Crippen molar-refractivity contribution in [1.29, 1.82) is 0 Å². The van der Waals surface area contributed by atoms with Gasteiger partial charge in [-0.05, 0) is 43.7 Å². The van der Waals surface area contributed by atoms with Crippen LogP contribution in [-0.2, 0) is 14.8 Å². The van der Waals surface area contributed by atoms with Crippen LogP contribution in [0.2, 0.25) is 0 Å². The van der Waals surface area contributed by atoms with Gasteiger partial charge in [-0.25, -0.2) is 14.4 Å². The maximum atomic E-state index is 13.6. The monoisotopic (exact) mass is 441 g/mol. The minimum atomic E-state index is -4.61. The Balaban J connectivity index is 2.05. The molecule has 1 N–H and O–H groups in total. The quantitative estimate of drug-likeness (QED) is 0.414. The molecule has 0 aliphatic carbocycles. The molecule has 160 valence electrons. The lowest BCUT2D eigenvalue weighted by Gasteiger charge is -2.20. The summed E-state index contributed by atoms with van der Waals surface area (Å²) in [6, 6.07) is 6.53. The van der Waals surface area contributed by atoms with Gasteiger partial charge in [0.2, 0.25) is 0 Å². The molecule has 0 saturated heterocycles. The predicted octanol–water partition coefficient (Wildman–Crippen LogP) is 5.56. The average molecular weight is 441 g/mol. The lowest BCUT2D eigenvalue weighted by atomic mass is 10.1. The van der Waals surface area contributed by atoms with E-state index in [1.807, 2.05) is 0 Å². The molecule has 0 radical (unpaired) electrons. The number of alkyl halides is 3. The number of hydrogen-bond donors (Lipinski definition) is 1. The predicted molar refractivity (Wildman–Crippen MR) is 106 cm³/mol. The Kier molecular flexibility index (Phi) is 6.11. The Morgan fingerprint density at radius 3 is 2.60 bits per heavy atom. The number of hydrogen-bond acceptors (Lipinski definition) is 7. The summed E-state index contributed by atoms with van der Waals surface area (Å²) in [5, 5.41) is 3.48. The molecule has 0 amide bonds. The van der Waals surface area contributed by atoms with Crippen molar-refractivity contribution in [3.05, 3.63) is 48.0 Å². The van der Waals surface area contributed by atoms with E-state index in [0.29, 0.717) is 22.2 Å². The Morgan fingerprint density at radius 1 is 1.20 bits per heavy atom. The van der Waals surface area contributed by atoms with Crippen molar-refractivity contribution in [2.24, 2.45) is 4.36 Å². The molecule has 11 heteroatoms. The topological polar surface area (TPSA) is 76.5 Å². The SMILES string of the molecule is Cc1cc(N=[S-](C)=O)cc2ncnc(Nc3ccc(F)cc3O[C@H](C)C(F)(F)F)c12. The van der Waals surface area contributed by atoms with E-state index in [9.17, 15) is 21.8 Å². The zero-order valence-corrected chi connectivity index (χ0v) is 16.9. The Labute approximate surface area is 171 Å². The molecule has 30 heavy (non-hydrogen) atoms. The van der Waals surface area contributed by atoms with E-state index < -0.39 is 28.7 Å². The van der Waals surface area contributed by atoms with Crippen LogP contribution >= 0.6 is 0 Å². The van der Waals surface area contributed by atoms with Crippen LogP contribution in [0, 0.1) is 12.7 Å². The number of aromatic nitrogens is 2. The van der Waals surface area contributed by atoms with Gasteiger partial charge in [-0.2, -0.15) is 23.8 Å². The first-order valence-electron chi connectivity index (χ1n) is 8.65. The summed E-state index contributed by atoms with van der Waals surface area (Å²) in [6.45, 7) is 2.60. The van der Waals surface area contributed by atoms with E-state index in [4.69, 9.17) is 4.74 Å². The first kappa shape index (κ1) is 21.8.